The Labute approximate surface area is 145 Å². The molecular weight excluding hydrogens is 320 g/mol. The topological polar surface area (TPSA) is 93.4 Å². The van der Waals surface area contributed by atoms with E-state index < -0.39 is 0 Å². The van der Waals surface area contributed by atoms with Crippen LogP contribution in [0.4, 0.5) is 5.82 Å². The van der Waals surface area contributed by atoms with Crippen molar-refractivity contribution in [2.75, 3.05) is 26.0 Å². The molecule has 0 atom stereocenters. The molecule has 0 spiro atoms. The number of hydrogen-bond acceptors (Lipinski definition) is 6. The lowest BCUT2D eigenvalue weighted by molar-refractivity contribution is 0.0963. The van der Waals surface area contributed by atoms with Crippen molar-refractivity contribution in [3.8, 4) is 0 Å². The first kappa shape index (κ1) is 16.8. The van der Waals surface area contributed by atoms with Gasteiger partial charge in [0.25, 0.3) is 11.7 Å². The molecular formula is C17H20N6O2. The quantitative estimate of drug-likeness (QED) is 0.673. The van der Waals surface area contributed by atoms with Crippen LogP contribution in [0.5, 0.6) is 0 Å². The molecule has 2 heterocycles. The van der Waals surface area contributed by atoms with Gasteiger partial charge >= 0.3 is 0 Å². The maximum absolute atomic E-state index is 11.7. The molecule has 8 heteroatoms. The number of nitrogens with zero attached hydrogens (tertiary/aromatic N) is 4. The van der Waals surface area contributed by atoms with E-state index in [0.29, 0.717) is 24.5 Å². The minimum atomic E-state index is -0.0857. The summed E-state index contributed by atoms with van der Waals surface area (Å²) >= 11 is 0. The molecule has 8 nitrogen and oxygen atoms in total. The van der Waals surface area contributed by atoms with E-state index in [9.17, 15) is 4.79 Å². The molecule has 0 fully saturated rings. The predicted molar refractivity (Wildman–Crippen MR) is 93.5 cm³/mol. The number of rotatable bonds is 7. The molecule has 0 unspecified atom stereocenters. The van der Waals surface area contributed by atoms with Gasteiger partial charge in [-0.1, -0.05) is 12.1 Å². The number of fused-ring (bicyclic) bond motifs is 1. The van der Waals surface area contributed by atoms with Crippen LogP contribution in [0.3, 0.4) is 0 Å². The molecule has 0 aliphatic heterocycles. The fourth-order valence-corrected chi connectivity index (χ4v) is 2.56. The second-order valence-electron chi connectivity index (χ2n) is 5.49. The summed E-state index contributed by atoms with van der Waals surface area (Å²) in [5.41, 5.74) is 2.52. The maximum Gasteiger partial charge on any atom is 0.254 e. The van der Waals surface area contributed by atoms with Crippen LogP contribution in [0, 0.1) is 0 Å². The largest absolute Gasteiger partial charge is 0.378 e. The summed E-state index contributed by atoms with van der Waals surface area (Å²) in [6, 6.07) is 9.48. The summed E-state index contributed by atoms with van der Waals surface area (Å²) in [6.45, 7) is 1.09. The third-order valence-corrected chi connectivity index (χ3v) is 3.73. The fourth-order valence-electron chi connectivity index (χ4n) is 2.56. The standard InChI is InChI=1S/C17H20N6O2/c1-18-16(24)13-5-3-4-12(8-13)6-7-19-15-9-14(10-25-2)22-17-20-11-21-23(15)17/h3-5,8-9,11,19H,6-7,10H2,1-2H3,(H,18,24). The van der Waals surface area contributed by atoms with Gasteiger partial charge in [0, 0.05) is 32.3 Å². The van der Waals surface area contributed by atoms with Crippen LogP contribution in [0.1, 0.15) is 21.6 Å². The second-order valence-corrected chi connectivity index (χ2v) is 5.49. The van der Waals surface area contributed by atoms with Crippen molar-refractivity contribution >= 4 is 17.5 Å². The minimum Gasteiger partial charge on any atom is -0.378 e. The minimum absolute atomic E-state index is 0.0857. The molecule has 0 saturated heterocycles. The highest BCUT2D eigenvalue weighted by Crippen LogP contribution is 2.12. The van der Waals surface area contributed by atoms with Gasteiger partial charge in [-0.05, 0) is 24.1 Å². The number of aromatic nitrogens is 4. The van der Waals surface area contributed by atoms with Gasteiger partial charge in [0.1, 0.15) is 12.1 Å². The van der Waals surface area contributed by atoms with Crippen LogP contribution in [-0.4, -0.2) is 46.2 Å². The number of carbonyl (C=O) groups is 1. The van der Waals surface area contributed by atoms with Crippen LogP contribution >= 0.6 is 0 Å². The number of carbonyl (C=O) groups excluding carboxylic acids is 1. The monoisotopic (exact) mass is 340 g/mol. The highest BCUT2D eigenvalue weighted by Gasteiger charge is 2.08. The molecule has 130 valence electrons. The zero-order chi connectivity index (χ0) is 17.6. The summed E-state index contributed by atoms with van der Waals surface area (Å²) in [5, 5.41) is 10.2. The zero-order valence-electron chi connectivity index (χ0n) is 14.2. The molecule has 2 N–H and O–H groups in total. The van der Waals surface area contributed by atoms with E-state index >= 15 is 0 Å². The van der Waals surface area contributed by atoms with Crippen molar-refractivity contribution in [3.63, 3.8) is 0 Å². The van der Waals surface area contributed by atoms with Gasteiger partial charge < -0.3 is 15.4 Å². The Morgan fingerprint density at radius 3 is 3.00 bits per heavy atom. The Balaban J connectivity index is 1.71. The SMILES string of the molecule is CNC(=O)c1cccc(CCNc2cc(COC)nc3ncnn23)c1. The first-order chi connectivity index (χ1) is 12.2. The van der Waals surface area contributed by atoms with E-state index in [-0.39, 0.29) is 5.91 Å². The Bertz CT molecular complexity index is 876. The molecule has 1 amide bonds. The third kappa shape index (κ3) is 3.92. The predicted octanol–water partition coefficient (Wildman–Crippen LogP) is 1.28. The number of ether oxygens (including phenoxy) is 1. The molecule has 3 aromatic rings. The summed E-state index contributed by atoms with van der Waals surface area (Å²) in [6.07, 6.45) is 2.24. The lowest BCUT2D eigenvalue weighted by Gasteiger charge is -2.10. The van der Waals surface area contributed by atoms with E-state index in [2.05, 4.69) is 25.7 Å². The lowest BCUT2D eigenvalue weighted by Crippen LogP contribution is -2.18. The molecule has 3 rings (SSSR count). The van der Waals surface area contributed by atoms with Gasteiger partial charge in [0.05, 0.1) is 12.3 Å². The Morgan fingerprint density at radius 2 is 2.20 bits per heavy atom. The fraction of sp³-hybridized carbons (Fsp3) is 0.294. The van der Waals surface area contributed by atoms with Gasteiger partial charge in [-0.15, -0.1) is 0 Å². The van der Waals surface area contributed by atoms with Crippen molar-refractivity contribution in [2.45, 2.75) is 13.0 Å². The van der Waals surface area contributed by atoms with Crippen molar-refractivity contribution < 1.29 is 9.53 Å². The van der Waals surface area contributed by atoms with E-state index in [1.807, 2.05) is 24.3 Å². The number of benzene rings is 1. The third-order valence-electron chi connectivity index (χ3n) is 3.73. The Kier molecular flexibility index (Phi) is 5.20. The van der Waals surface area contributed by atoms with Gasteiger partial charge in [-0.25, -0.2) is 4.98 Å². The van der Waals surface area contributed by atoms with Crippen LogP contribution < -0.4 is 10.6 Å². The van der Waals surface area contributed by atoms with Crippen molar-refractivity contribution in [2.24, 2.45) is 0 Å². The van der Waals surface area contributed by atoms with Gasteiger partial charge in [0.15, 0.2) is 0 Å². The Hall–Kier alpha value is -3.00. The molecule has 0 saturated carbocycles. The molecule has 0 bridgehead atoms. The summed E-state index contributed by atoms with van der Waals surface area (Å²) < 4.78 is 6.80. The van der Waals surface area contributed by atoms with Crippen molar-refractivity contribution in [1.82, 2.24) is 24.9 Å². The first-order valence-corrected chi connectivity index (χ1v) is 7.94. The summed E-state index contributed by atoms with van der Waals surface area (Å²) in [7, 11) is 3.25. The van der Waals surface area contributed by atoms with E-state index in [1.165, 1.54) is 6.33 Å². The summed E-state index contributed by atoms with van der Waals surface area (Å²) in [4.78, 5) is 20.2. The number of hydrogen-bond donors (Lipinski definition) is 2. The average molecular weight is 340 g/mol. The Morgan fingerprint density at radius 1 is 1.32 bits per heavy atom. The zero-order valence-corrected chi connectivity index (χ0v) is 14.2. The molecule has 25 heavy (non-hydrogen) atoms. The molecule has 0 radical (unpaired) electrons. The lowest BCUT2D eigenvalue weighted by atomic mass is 10.1. The molecule has 2 aromatic heterocycles. The average Bonchev–Trinajstić information content (AvgIpc) is 3.10. The van der Waals surface area contributed by atoms with E-state index in [0.717, 1.165) is 23.5 Å². The normalized spacial score (nSPS) is 10.8. The number of anilines is 1. The van der Waals surface area contributed by atoms with E-state index in [4.69, 9.17) is 4.74 Å². The maximum atomic E-state index is 11.7. The molecule has 0 aliphatic carbocycles. The number of amides is 1. The van der Waals surface area contributed by atoms with Crippen molar-refractivity contribution in [1.29, 1.82) is 0 Å². The molecule has 1 aromatic carbocycles. The van der Waals surface area contributed by atoms with Crippen LogP contribution in [-0.2, 0) is 17.8 Å². The first-order valence-electron chi connectivity index (χ1n) is 7.94. The van der Waals surface area contributed by atoms with Crippen LogP contribution in [0.25, 0.3) is 5.78 Å². The van der Waals surface area contributed by atoms with Gasteiger partial charge in [-0.2, -0.15) is 14.6 Å². The van der Waals surface area contributed by atoms with E-state index in [1.54, 1.807) is 24.7 Å². The van der Waals surface area contributed by atoms with Gasteiger partial charge in [0.2, 0.25) is 0 Å². The number of methoxy groups -OCH3 is 1. The number of nitrogens with one attached hydrogen (secondary N) is 2. The van der Waals surface area contributed by atoms with Gasteiger partial charge in [-0.3, -0.25) is 4.79 Å². The highest BCUT2D eigenvalue weighted by atomic mass is 16.5. The second kappa shape index (κ2) is 7.71. The van der Waals surface area contributed by atoms with Crippen molar-refractivity contribution in [3.05, 3.63) is 53.5 Å². The summed E-state index contributed by atoms with van der Waals surface area (Å²) in [5.74, 6) is 1.24. The van der Waals surface area contributed by atoms with Crippen LogP contribution in [0.2, 0.25) is 0 Å². The smallest absolute Gasteiger partial charge is 0.254 e. The highest BCUT2D eigenvalue weighted by molar-refractivity contribution is 5.94. The molecule has 0 aliphatic rings. The van der Waals surface area contributed by atoms with Crippen LogP contribution in [0.15, 0.2) is 36.7 Å².